The van der Waals surface area contributed by atoms with Crippen LogP contribution in [0.3, 0.4) is 0 Å². The van der Waals surface area contributed by atoms with E-state index in [4.69, 9.17) is 9.26 Å². The van der Waals surface area contributed by atoms with Crippen LogP contribution in [0.1, 0.15) is 30.0 Å². The molecular weight excluding hydrogens is 419 g/mol. The minimum absolute atomic E-state index is 0. The maximum absolute atomic E-state index is 13.4. The summed E-state index contributed by atoms with van der Waals surface area (Å²) >= 11 is 0. The van der Waals surface area contributed by atoms with Crippen molar-refractivity contribution in [2.24, 2.45) is 0 Å². The van der Waals surface area contributed by atoms with E-state index in [1.807, 2.05) is 35.1 Å². The van der Waals surface area contributed by atoms with Crippen molar-refractivity contribution >= 4 is 23.4 Å². The lowest BCUT2D eigenvalue weighted by Crippen LogP contribution is -2.32. The minimum Gasteiger partial charge on any atom is -0.494 e. The molecule has 0 N–H and O–H groups in total. The quantitative estimate of drug-likeness (QED) is 0.437. The van der Waals surface area contributed by atoms with E-state index in [1.54, 1.807) is 13.2 Å². The lowest BCUT2D eigenvalue weighted by atomic mass is 9.91. The van der Waals surface area contributed by atoms with Crippen LogP contribution in [-0.4, -0.2) is 40.0 Å². The smallest absolute Gasteiger partial charge is 0.170 e. The average molecular weight is 443 g/mol. The molecule has 1 aliphatic heterocycles. The molecule has 2 aromatic heterocycles. The second-order valence-corrected chi connectivity index (χ2v) is 7.72. The minimum atomic E-state index is -0.298. The lowest BCUT2D eigenvalue weighted by Gasteiger charge is -2.30. The normalized spacial score (nSPS) is 15.2. The van der Waals surface area contributed by atoms with Gasteiger partial charge in [-0.3, -0.25) is 4.90 Å². The summed E-state index contributed by atoms with van der Waals surface area (Å²) in [5, 5.41) is 9.68. The third kappa shape index (κ3) is 4.29. The monoisotopic (exact) mass is 442 g/mol. The number of halogens is 2. The summed E-state index contributed by atoms with van der Waals surface area (Å²) < 4.78 is 26.0. The summed E-state index contributed by atoms with van der Waals surface area (Å²) in [6.07, 6.45) is 5.97. The largest absolute Gasteiger partial charge is 0.494 e. The maximum Gasteiger partial charge on any atom is 0.170 e. The summed E-state index contributed by atoms with van der Waals surface area (Å²) in [7, 11) is 1.67. The predicted octanol–water partition coefficient (Wildman–Crippen LogP) is 4.96. The van der Waals surface area contributed by atoms with Crippen LogP contribution in [0, 0.1) is 5.82 Å². The number of nitrogens with zero attached hydrogens (tertiary/aromatic N) is 4. The van der Waals surface area contributed by atoms with Crippen LogP contribution < -0.4 is 4.74 Å². The molecule has 4 aromatic rings. The zero-order valence-corrected chi connectivity index (χ0v) is 18.0. The molecule has 6 nitrogen and oxygen atoms in total. The first kappa shape index (κ1) is 21.3. The number of benzene rings is 2. The van der Waals surface area contributed by atoms with Gasteiger partial charge in [-0.25, -0.2) is 9.07 Å². The standard InChI is InChI=1S/C23H23FN4O2.ClH/c1-29-21-5-3-2-4-20(21)28-15-16(13-25-28)14-27-10-8-17(9-11-27)23-19-7-6-18(24)12-22(19)30-26-23;/h2-7,12-13,15,17H,8-11,14H2,1H3;1H. The summed E-state index contributed by atoms with van der Waals surface area (Å²) in [6.45, 7) is 2.80. The van der Waals surface area contributed by atoms with Crippen LogP contribution >= 0.6 is 12.4 Å². The Morgan fingerprint density at radius 1 is 1.16 bits per heavy atom. The highest BCUT2D eigenvalue weighted by Crippen LogP contribution is 2.33. The van der Waals surface area contributed by atoms with Gasteiger partial charge in [-0.15, -0.1) is 12.4 Å². The molecule has 0 spiro atoms. The van der Waals surface area contributed by atoms with E-state index in [9.17, 15) is 4.39 Å². The third-order valence-electron chi connectivity index (χ3n) is 5.81. The fourth-order valence-corrected chi connectivity index (χ4v) is 4.24. The van der Waals surface area contributed by atoms with Crippen LogP contribution in [0.25, 0.3) is 16.7 Å². The van der Waals surface area contributed by atoms with Gasteiger partial charge in [0.1, 0.15) is 17.3 Å². The molecule has 31 heavy (non-hydrogen) atoms. The Morgan fingerprint density at radius 2 is 1.97 bits per heavy atom. The molecule has 8 heteroatoms. The number of para-hydroxylation sites is 2. The summed E-state index contributed by atoms with van der Waals surface area (Å²) in [5.74, 6) is 0.839. The molecule has 0 amide bonds. The number of fused-ring (bicyclic) bond motifs is 1. The van der Waals surface area contributed by atoms with Gasteiger partial charge in [0.2, 0.25) is 0 Å². The molecule has 3 heterocycles. The van der Waals surface area contributed by atoms with Crippen molar-refractivity contribution in [3.05, 3.63) is 71.9 Å². The molecule has 0 bridgehead atoms. The fourth-order valence-electron chi connectivity index (χ4n) is 4.24. The number of aromatic nitrogens is 3. The van der Waals surface area contributed by atoms with Gasteiger partial charge >= 0.3 is 0 Å². The van der Waals surface area contributed by atoms with E-state index in [-0.39, 0.29) is 18.2 Å². The van der Waals surface area contributed by atoms with Crippen molar-refractivity contribution in [1.29, 1.82) is 0 Å². The van der Waals surface area contributed by atoms with Crippen LogP contribution in [0.4, 0.5) is 4.39 Å². The Bertz CT molecular complexity index is 1170. The number of rotatable bonds is 5. The third-order valence-corrected chi connectivity index (χ3v) is 5.81. The highest BCUT2D eigenvalue weighted by Gasteiger charge is 2.25. The number of hydrogen-bond donors (Lipinski definition) is 0. The molecular formula is C23H24ClFN4O2. The number of ether oxygens (including phenoxy) is 1. The number of piperidine rings is 1. The van der Waals surface area contributed by atoms with Crippen LogP contribution in [0.5, 0.6) is 5.75 Å². The topological polar surface area (TPSA) is 56.3 Å². The van der Waals surface area contributed by atoms with Gasteiger partial charge in [-0.2, -0.15) is 5.10 Å². The predicted molar refractivity (Wildman–Crippen MR) is 119 cm³/mol. The fraction of sp³-hybridized carbons (Fsp3) is 0.304. The van der Waals surface area contributed by atoms with Gasteiger partial charge in [0.25, 0.3) is 0 Å². The Morgan fingerprint density at radius 3 is 2.77 bits per heavy atom. The summed E-state index contributed by atoms with van der Waals surface area (Å²) in [4.78, 5) is 2.43. The Labute approximate surface area is 186 Å². The first-order chi connectivity index (χ1) is 14.7. The van der Waals surface area contributed by atoms with Crippen molar-refractivity contribution in [3.63, 3.8) is 0 Å². The zero-order valence-electron chi connectivity index (χ0n) is 17.2. The molecule has 0 atom stereocenters. The number of methoxy groups -OCH3 is 1. The van der Waals surface area contributed by atoms with Gasteiger partial charge in [0, 0.05) is 35.7 Å². The molecule has 162 valence electrons. The van der Waals surface area contributed by atoms with Crippen molar-refractivity contribution in [2.75, 3.05) is 20.2 Å². The van der Waals surface area contributed by atoms with Crippen molar-refractivity contribution in [3.8, 4) is 11.4 Å². The highest BCUT2D eigenvalue weighted by atomic mass is 35.5. The zero-order chi connectivity index (χ0) is 20.5. The summed E-state index contributed by atoms with van der Waals surface area (Å²) in [6, 6.07) is 12.5. The van der Waals surface area contributed by atoms with E-state index in [0.29, 0.717) is 11.5 Å². The number of likely N-dealkylation sites (tertiary alicyclic amines) is 1. The highest BCUT2D eigenvalue weighted by molar-refractivity contribution is 5.85. The van der Waals surface area contributed by atoms with Crippen LogP contribution in [-0.2, 0) is 6.54 Å². The molecule has 2 aromatic carbocycles. The average Bonchev–Trinajstić information content (AvgIpc) is 3.41. The van der Waals surface area contributed by atoms with Crippen LogP contribution in [0.2, 0.25) is 0 Å². The van der Waals surface area contributed by atoms with Crippen molar-refractivity contribution < 1.29 is 13.7 Å². The second kappa shape index (κ2) is 9.08. The van der Waals surface area contributed by atoms with Gasteiger partial charge < -0.3 is 9.26 Å². The van der Waals surface area contributed by atoms with Crippen LogP contribution in [0.15, 0.2) is 59.4 Å². The molecule has 0 aliphatic carbocycles. The maximum atomic E-state index is 13.4. The first-order valence-electron chi connectivity index (χ1n) is 10.2. The van der Waals surface area contributed by atoms with E-state index < -0.39 is 0 Å². The van der Waals surface area contributed by atoms with Crippen molar-refractivity contribution in [1.82, 2.24) is 19.8 Å². The SMILES string of the molecule is COc1ccccc1-n1cc(CN2CCC(c3noc4cc(F)ccc34)CC2)cn1.Cl. The Kier molecular flexibility index (Phi) is 6.25. The van der Waals surface area contributed by atoms with Crippen molar-refractivity contribution in [2.45, 2.75) is 25.3 Å². The second-order valence-electron chi connectivity index (χ2n) is 7.72. The van der Waals surface area contributed by atoms with Gasteiger partial charge in [-0.05, 0) is 50.2 Å². The first-order valence-corrected chi connectivity index (χ1v) is 10.2. The summed E-state index contributed by atoms with van der Waals surface area (Å²) in [5.41, 5.74) is 3.57. The lowest BCUT2D eigenvalue weighted by molar-refractivity contribution is 0.202. The van der Waals surface area contributed by atoms with E-state index in [1.165, 1.54) is 17.7 Å². The molecule has 0 unspecified atom stereocenters. The molecule has 1 fully saturated rings. The molecule has 0 radical (unpaired) electrons. The molecule has 5 rings (SSSR count). The molecule has 0 saturated carbocycles. The Hall–Kier alpha value is -2.90. The van der Waals surface area contributed by atoms with Gasteiger partial charge in [0.05, 0.1) is 19.0 Å². The van der Waals surface area contributed by atoms with E-state index >= 15 is 0 Å². The van der Waals surface area contributed by atoms with Gasteiger partial charge in [0.15, 0.2) is 5.58 Å². The molecule has 1 aliphatic rings. The van der Waals surface area contributed by atoms with E-state index in [2.05, 4.69) is 21.4 Å². The Balaban J connectivity index is 0.00000231. The van der Waals surface area contributed by atoms with Gasteiger partial charge in [-0.1, -0.05) is 17.3 Å². The molecule has 1 saturated heterocycles. The van der Waals surface area contributed by atoms with E-state index in [0.717, 1.165) is 55.0 Å². The number of hydrogen-bond acceptors (Lipinski definition) is 5.